The predicted octanol–water partition coefficient (Wildman–Crippen LogP) is 5.01. The zero-order chi connectivity index (χ0) is 49.6. The van der Waals surface area contributed by atoms with Crippen molar-refractivity contribution in [2.75, 3.05) is 50.9 Å². The number of amides is 2. The van der Waals surface area contributed by atoms with E-state index in [1.54, 1.807) is 88.4 Å². The van der Waals surface area contributed by atoms with Gasteiger partial charge in [0.25, 0.3) is 0 Å². The van der Waals surface area contributed by atoms with Crippen LogP contribution in [0.25, 0.3) is 0 Å². The molecule has 0 unspecified atom stereocenters. The van der Waals surface area contributed by atoms with Gasteiger partial charge in [-0.15, -0.1) is 0 Å². The van der Waals surface area contributed by atoms with Gasteiger partial charge in [0.1, 0.15) is 0 Å². The van der Waals surface area contributed by atoms with Gasteiger partial charge in [-0.05, 0) is 0 Å². The number of carboxylic acid groups (broad SMARTS) is 1. The minimum absolute atomic E-state index is 0.0493. The van der Waals surface area contributed by atoms with Gasteiger partial charge in [-0.1, -0.05) is 0 Å². The summed E-state index contributed by atoms with van der Waals surface area (Å²) in [6, 6.07) is 25.8. The Morgan fingerprint density at radius 1 is 0.676 bits per heavy atom. The molecule has 1 aliphatic heterocycles. The van der Waals surface area contributed by atoms with Crippen LogP contribution in [-0.2, 0) is 51.4 Å². The minimum atomic E-state index is -5.75. The quantitative estimate of drug-likeness (QED) is 0.0339. The Hall–Kier alpha value is -4.93. The zero-order valence-corrected chi connectivity index (χ0v) is 41.2. The summed E-state index contributed by atoms with van der Waals surface area (Å²) in [7, 11) is -14.5. The third-order valence-corrected chi connectivity index (χ3v) is 15.7. The first-order valence-corrected chi connectivity index (χ1v) is 26.8. The number of nitrogens with zero attached hydrogens (tertiary/aromatic N) is 2. The molecular formula is C46H65N6O13PS2. The molecule has 2 amide bonds. The second kappa shape index (κ2) is 24.6. The van der Waals surface area contributed by atoms with Crippen LogP contribution in [-0.4, -0.2) is 122 Å². The Bertz CT molecular complexity index is 2430. The number of anilines is 2. The van der Waals surface area contributed by atoms with E-state index < -0.39 is 83.9 Å². The first-order chi connectivity index (χ1) is 32.1. The molecule has 0 aliphatic carbocycles. The number of alkyl carbamates (subject to hydrolysis) is 1. The van der Waals surface area contributed by atoms with Crippen LogP contribution in [0.5, 0.6) is 0 Å². The molecule has 68 heavy (non-hydrogen) atoms. The number of nitrogens with two attached hydrogens (primary N) is 2. The Morgan fingerprint density at radius 3 is 1.46 bits per heavy atom. The van der Waals surface area contributed by atoms with E-state index in [4.69, 9.17) is 30.0 Å². The van der Waals surface area contributed by atoms with Gasteiger partial charge in [0.05, 0.1) is 0 Å². The van der Waals surface area contributed by atoms with E-state index in [2.05, 4.69) is 10.6 Å². The van der Waals surface area contributed by atoms with Gasteiger partial charge in [-0.3, -0.25) is 0 Å². The molecular weight excluding hydrogens is 940 g/mol. The Labute approximate surface area is 399 Å². The fraction of sp³-hybridized carbons (Fsp3) is 0.435. The molecule has 19 nitrogen and oxygen atoms in total. The van der Waals surface area contributed by atoms with Crippen LogP contribution in [0.4, 0.5) is 21.0 Å². The van der Waals surface area contributed by atoms with Crippen molar-refractivity contribution in [1.82, 2.24) is 19.2 Å². The molecule has 0 bridgehead atoms. The summed E-state index contributed by atoms with van der Waals surface area (Å²) >= 11 is 0. The van der Waals surface area contributed by atoms with Crippen LogP contribution in [0, 0.1) is 11.8 Å². The van der Waals surface area contributed by atoms with Crippen molar-refractivity contribution in [3.8, 4) is 0 Å². The van der Waals surface area contributed by atoms with Gasteiger partial charge >= 0.3 is 401 Å². The normalized spacial score (nSPS) is 16.6. The van der Waals surface area contributed by atoms with E-state index >= 15 is 0 Å². The summed E-state index contributed by atoms with van der Waals surface area (Å²) in [5.74, 6) is -0.575. The van der Waals surface area contributed by atoms with Gasteiger partial charge in [0.15, 0.2) is 0 Å². The van der Waals surface area contributed by atoms with Crippen molar-refractivity contribution in [2.24, 2.45) is 11.8 Å². The number of rotatable bonds is 25. The van der Waals surface area contributed by atoms with Gasteiger partial charge in [-0.2, -0.15) is 0 Å². The van der Waals surface area contributed by atoms with E-state index in [0.29, 0.717) is 35.5 Å². The van der Waals surface area contributed by atoms with Gasteiger partial charge < -0.3 is 0 Å². The molecule has 4 aromatic carbocycles. The summed E-state index contributed by atoms with van der Waals surface area (Å²) < 4.78 is 83.5. The van der Waals surface area contributed by atoms with Crippen molar-refractivity contribution in [1.29, 1.82) is 0 Å². The van der Waals surface area contributed by atoms with Crippen LogP contribution >= 0.6 is 8.17 Å². The topological polar surface area (TPSA) is 283 Å². The molecule has 9 N–H and O–H groups in total. The van der Waals surface area contributed by atoms with Crippen LogP contribution in [0.2, 0.25) is 0 Å². The molecule has 5 atom stereocenters. The standard InChI is InChI=1S/C46H65N6O13PS2/c1-32(2)27-51(67(58,59)39-19-15-36(47)16-20-39)29-43(41(49-45(53)54)25-34-11-7-5-8-12-34)64-66(56,57)65-44(30-52(28-33(3)4)68(60,61)40-21-17-37(48)18-22-40)42(26-35-13-9-6-10-14-35)50-46(55)63-38-23-24-62-31-38/h5-22,32-33,38,41-44,49,56-57,66H,23-31,47-48H2,1-4H3,(H,50,55)(H,53,54)/t38-,41-,42-,43-,44+/m0/s1. The molecule has 4 aromatic rings. The van der Waals surface area contributed by atoms with Crippen molar-refractivity contribution in [3.63, 3.8) is 0 Å². The fourth-order valence-electron chi connectivity index (χ4n) is 7.64. The van der Waals surface area contributed by atoms with Gasteiger partial charge in [0.2, 0.25) is 0 Å². The molecule has 22 heteroatoms. The number of nitrogens with one attached hydrogen (secondary N) is 2. The zero-order valence-electron chi connectivity index (χ0n) is 38.6. The van der Waals surface area contributed by atoms with Crippen LogP contribution in [0.1, 0.15) is 45.2 Å². The maximum atomic E-state index is 14.5. The molecule has 1 saturated heterocycles. The molecule has 1 aliphatic rings. The number of benzene rings is 4. The SMILES string of the molecule is CC(C)CN(C[C@H](O[PH](O)(O)O[C@H](CN(CC(C)C)S(=O)(=O)c1ccc(N)cc1)[C@H](Cc1ccccc1)NC(=O)O[C@H]1CCOC1)[C@H](Cc1ccccc1)NC(=O)O)S(=O)(=O)c1ccc(N)cc1. The van der Waals surface area contributed by atoms with E-state index in [1.165, 1.54) is 48.5 Å². The molecule has 1 heterocycles. The fourth-order valence-corrected chi connectivity index (χ4v) is 12.2. The van der Waals surface area contributed by atoms with Crippen molar-refractivity contribution in [2.45, 2.75) is 87.1 Å². The summed E-state index contributed by atoms with van der Waals surface area (Å²) in [5.41, 5.74) is 13.6. The summed E-state index contributed by atoms with van der Waals surface area (Å²) in [6.07, 6.45) is -6.06. The Kier molecular flexibility index (Phi) is 19.5. The number of hydrogen-bond acceptors (Lipinski definition) is 14. The third-order valence-electron chi connectivity index (χ3n) is 10.8. The number of hydrogen-bond donors (Lipinski definition) is 7. The first kappa shape index (κ1) is 54.0. The van der Waals surface area contributed by atoms with Crippen LogP contribution < -0.4 is 22.1 Å². The summed E-state index contributed by atoms with van der Waals surface area (Å²) in [4.78, 5) is 50.4. The second-order valence-corrected chi connectivity index (χ2v) is 23.0. The van der Waals surface area contributed by atoms with Crippen molar-refractivity contribution < 1.29 is 59.8 Å². The van der Waals surface area contributed by atoms with Crippen molar-refractivity contribution in [3.05, 3.63) is 120 Å². The average molecular weight is 1010 g/mol. The maximum absolute atomic E-state index is 14.5. The van der Waals surface area contributed by atoms with Crippen LogP contribution in [0.15, 0.2) is 119 Å². The Morgan fingerprint density at radius 2 is 1.09 bits per heavy atom. The van der Waals surface area contributed by atoms with E-state index in [-0.39, 0.29) is 54.2 Å². The molecule has 0 aromatic heterocycles. The van der Waals surface area contributed by atoms with E-state index in [9.17, 15) is 41.3 Å². The van der Waals surface area contributed by atoms with E-state index in [1.807, 2.05) is 0 Å². The number of sulfonamides is 2. The molecule has 0 radical (unpaired) electrons. The molecule has 1 fully saturated rings. The number of nitrogen functional groups attached to an aromatic ring is 2. The second-order valence-electron chi connectivity index (χ2n) is 17.5. The van der Waals surface area contributed by atoms with Gasteiger partial charge in [-0.25, -0.2) is 0 Å². The molecule has 0 spiro atoms. The summed E-state index contributed by atoms with van der Waals surface area (Å²) in [6.45, 7) is 6.20. The monoisotopic (exact) mass is 1000 g/mol. The first-order valence-electron chi connectivity index (χ1n) is 22.2. The Balaban J connectivity index is 1.63. The number of carbonyl (C=O) groups excluding carboxylic acids is 1. The predicted molar refractivity (Wildman–Crippen MR) is 259 cm³/mol. The van der Waals surface area contributed by atoms with Gasteiger partial charge in [0, 0.05) is 0 Å². The van der Waals surface area contributed by atoms with Crippen LogP contribution in [0.3, 0.4) is 0 Å². The molecule has 0 saturated carbocycles. The summed E-state index contributed by atoms with van der Waals surface area (Å²) in [5, 5.41) is 15.3. The van der Waals surface area contributed by atoms with E-state index in [0.717, 1.165) is 8.61 Å². The number of ether oxygens (including phenoxy) is 2. The van der Waals surface area contributed by atoms with Crippen molar-refractivity contribution >= 4 is 51.8 Å². The third kappa shape index (κ3) is 16.4. The molecule has 5 rings (SSSR count). The average Bonchev–Trinajstić information content (AvgIpc) is 3.78. The number of carbonyl (C=O) groups is 2. The molecule has 374 valence electrons.